The molecule has 1 aromatic rings. The van der Waals surface area contributed by atoms with E-state index in [9.17, 15) is 8.42 Å². The van der Waals surface area contributed by atoms with E-state index in [1.165, 1.54) is 18.2 Å². The van der Waals surface area contributed by atoms with Crippen LogP contribution in [0.2, 0.25) is 5.02 Å². The molecule has 0 spiro atoms. The summed E-state index contributed by atoms with van der Waals surface area (Å²) in [5.74, 6) is -0.177. The molecule has 0 heterocycles. The van der Waals surface area contributed by atoms with Crippen LogP contribution in [0, 0.1) is 11.3 Å². The smallest absolute Gasteiger partial charge is 0.234 e. The predicted octanol–water partition coefficient (Wildman–Crippen LogP) is 0.912. The number of benzene rings is 1. The third kappa shape index (κ3) is 3.38. The van der Waals surface area contributed by atoms with Crippen molar-refractivity contribution in [3.05, 3.63) is 28.8 Å². The van der Waals surface area contributed by atoms with E-state index in [2.05, 4.69) is 4.72 Å². The Balaban J connectivity index is 2.96. The first-order valence-electron chi connectivity index (χ1n) is 4.39. The number of anilines is 1. The van der Waals surface area contributed by atoms with E-state index >= 15 is 0 Å². The molecule has 0 fully saturated rings. The molecule has 0 aliphatic heterocycles. The Kier molecular flexibility index (Phi) is 4.12. The second-order valence-corrected chi connectivity index (χ2v) is 5.27. The van der Waals surface area contributed by atoms with Gasteiger partial charge in [0.05, 0.1) is 28.1 Å². The third-order valence-electron chi connectivity index (χ3n) is 1.75. The van der Waals surface area contributed by atoms with Gasteiger partial charge in [-0.05, 0) is 18.2 Å². The van der Waals surface area contributed by atoms with E-state index in [4.69, 9.17) is 22.6 Å². The minimum atomic E-state index is -3.47. The predicted molar refractivity (Wildman–Crippen MR) is 62.6 cm³/mol. The summed E-state index contributed by atoms with van der Waals surface area (Å²) >= 11 is 5.81. The molecule has 0 aliphatic rings. The van der Waals surface area contributed by atoms with Gasteiger partial charge < -0.3 is 5.73 Å². The molecule has 0 saturated heterocycles. The first kappa shape index (κ1) is 12.8. The van der Waals surface area contributed by atoms with E-state index < -0.39 is 10.0 Å². The summed E-state index contributed by atoms with van der Waals surface area (Å²) in [6, 6.07) is 6.21. The second-order valence-electron chi connectivity index (χ2n) is 3.02. The largest absolute Gasteiger partial charge is 0.329 e. The van der Waals surface area contributed by atoms with Gasteiger partial charge >= 0.3 is 0 Å². The Hall–Kier alpha value is -1.29. The Morgan fingerprint density at radius 2 is 2.19 bits per heavy atom. The highest BCUT2D eigenvalue weighted by Gasteiger charge is 2.11. The Labute approximate surface area is 98.9 Å². The van der Waals surface area contributed by atoms with Crippen LogP contribution in [0.25, 0.3) is 0 Å². The lowest BCUT2D eigenvalue weighted by atomic mass is 10.2. The van der Waals surface area contributed by atoms with Crippen molar-refractivity contribution >= 4 is 27.3 Å². The van der Waals surface area contributed by atoms with Crippen molar-refractivity contribution in [3.63, 3.8) is 0 Å². The summed E-state index contributed by atoms with van der Waals surface area (Å²) in [4.78, 5) is 0. The number of rotatable bonds is 4. The molecule has 1 aromatic carbocycles. The van der Waals surface area contributed by atoms with Gasteiger partial charge in [0.1, 0.15) is 0 Å². The minimum absolute atomic E-state index is 0.0310. The summed E-state index contributed by atoms with van der Waals surface area (Å²) in [5, 5.41) is 8.79. The average molecular weight is 260 g/mol. The quantitative estimate of drug-likeness (QED) is 0.840. The molecule has 86 valence electrons. The highest BCUT2D eigenvalue weighted by molar-refractivity contribution is 7.92. The molecule has 0 atom stereocenters. The SMILES string of the molecule is N#Cc1ccc(NS(=O)(=O)CCN)c(Cl)c1. The van der Waals surface area contributed by atoms with Crippen LogP contribution in [0.1, 0.15) is 5.56 Å². The molecule has 0 aliphatic carbocycles. The van der Waals surface area contributed by atoms with Crippen LogP contribution in [0.5, 0.6) is 0 Å². The zero-order chi connectivity index (χ0) is 12.2. The van der Waals surface area contributed by atoms with Gasteiger partial charge in [-0.2, -0.15) is 5.26 Å². The topological polar surface area (TPSA) is 96.0 Å². The van der Waals surface area contributed by atoms with Crippen LogP contribution in [0.15, 0.2) is 18.2 Å². The number of halogens is 1. The molecule has 5 nitrogen and oxygen atoms in total. The highest BCUT2D eigenvalue weighted by Crippen LogP contribution is 2.23. The number of sulfonamides is 1. The van der Waals surface area contributed by atoms with Gasteiger partial charge in [0, 0.05) is 6.54 Å². The molecule has 0 saturated carbocycles. The van der Waals surface area contributed by atoms with Crippen molar-refractivity contribution in [1.29, 1.82) is 5.26 Å². The van der Waals surface area contributed by atoms with E-state index in [0.29, 0.717) is 5.56 Å². The van der Waals surface area contributed by atoms with Gasteiger partial charge in [0.25, 0.3) is 0 Å². The minimum Gasteiger partial charge on any atom is -0.329 e. The summed E-state index contributed by atoms with van der Waals surface area (Å²) in [6.45, 7) is 0.0310. The molecule has 0 radical (unpaired) electrons. The molecule has 0 bridgehead atoms. The Bertz CT molecular complexity index is 522. The summed E-state index contributed by atoms with van der Waals surface area (Å²) in [5.41, 5.74) is 5.77. The van der Waals surface area contributed by atoms with E-state index in [-0.39, 0.29) is 23.0 Å². The van der Waals surface area contributed by atoms with E-state index in [1.54, 1.807) is 0 Å². The first-order chi connectivity index (χ1) is 7.48. The van der Waals surface area contributed by atoms with Crippen LogP contribution < -0.4 is 10.5 Å². The molecule has 7 heteroatoms. The van der Waals surface area contributed by atoms with Crippen LogP contribution in [0.3, 0.4) is 0 Å². The van der Waals surface area contributed by atoms with Gasteiger partial charge in [0.15, 0.2) is 0 Å². The van der Waals surface area contributed by atoms with Crippen molar-refractivity contribution < 1.29 is 8.42 Å². The second kappa shape index (κ2) is 5.16. The number of hydrogen-bond acceptors (Lipinski definition) is 4. The summed E-state index contributed by atoms with van der Waals surface area (Å²) in [7, 11) is -3.47. The fraction of sp³-hybridized carbons (Fsp3) is 0.222. The normalized spacial score (nSPS) is 10.8. The van der Waals surface area contributed by atoms with Crippen molar-refractivity contribution in [2.45, 2.75) is 0 Å². The maximum Gasteiger partial charge on any atom is 0.234 e. The number of nitrogens with one attached hydrogen (secondary N) is 1. The number of nitrogens with zero attached hydrogens (tertiary/aromatic N) is 1. The maximum atomic E-state index is 11.4. The van der Waals surface area contributed by atoms with Gasteiger partial charge in [-0.15, -0.1) is 0 Å². The van der Waals surface area contributed by atoms with Crippen molar-refractivity contribution in [2.24, 2.45) is 5.73 Å². The van der Waals surface area contributed by atoms with Crippen LogP contribution in [0.4, 0.5) is 5.69 Å². The Morgan fingerprint density at radius 3 is 2.69 bits per heavy atom. The van der Waals surface area contributed by atoms with E-state index in [1.807, 2.05) is 6.07 Å². The van der Waals surface area contributed by atoms with Gasteiger partial charge in [0.2, 0.25) is 10.0 Å². The van der Waals surface area contributed by atoms with Crippen LogP contribution >= 0.6 is 11.6 Å². The molecule has 0 unspecified atom stereocenters. The zero-order valence-electron chi connectivity index (χ0n) is 8.27. The van der Waals surface area contributed by atoms with Gasteiger partial charge in [-0.1, -0.05) is 11.6 Å². The standard InChI is InChI=1S/C9H10ClN3O2S/c10-8-5-7(6-12)1-2-9(8)13-16(14,15)4-3-11/h1-2,5,13H,3-4,11H2. The molecule has 0 aromatic heterocycles. The maximum absolute atomic E-state index is 11.4. The van der Waals surface area contributed by atoms with Gasteiger partial charge in [-0.3, -0.25) is 4.72 Å². The first-order valence-corrected chi connectivity index (χ1v) is 6.42. The molecule has 3 N–H and O–H groups in total. The fourth-order valence-electron chi connectivity index (χ4n) is 1.04. The summed E-state index contributed by atoms with van der Waals surface area (Å²) in [6.07, 6.45) is 0. The number of hydrogen-bond donors (Lipinski definition) is 2. The number of nitrogens with two attached hydrogens (primary N) is 1. The van der Waals surface area contributed by atoms with E-state index in [0.717, 1.165) is 0 Å². The Morgan fingerprint density at radius 1 is 1.50 bits per heavy atom. The van der Waals surface area contributed by atoms with Crippen LogP contribution in [-0.2, 0) is 10.0 Å². The summed E-state index contributed by atoms with van der Waals surface area (Å²) < 4.78 is 25.1. The molecular formula is C9H10ClN3O2S. The van der Waals surface area contributed by atoms with Crippen molar-refractivity contribution in [3.8, 4) is 6.07 Å². The van der Waals surface area contributed by atoms with Crippen molar-refractivity contribution in [2.75, 3.05) is 17.0 Å². The average Bonchev–Trinajstić information content (AvgIpc) is 2.20. The monoisotopic (exact) mass is 259 g/mol. The van der Waals surface area contributed by atoms with Crippen LogP contribution in [-0.4, -0.2) is 20.7 Å². The number of nitriles is 1. The molecule has 16 heavy (non-hydrogen) atoms. The highest BCUT2D eigenvalue weighted by atomic mass is 35.5. The zero-order valence-corrected chi connectivity index (χ0v) is 9.85. The lowest BCUT2D eigenvalue weighted by Crippen LogP contribution is -2.22. The molecule has 0 amide bonds. The lowest BCUT2D eigenvalue weighted by Gasteiger charge is -2.08. The van der Waals surface area contributed by atoms with Gasteiger partial charge in [-0.25, -0.2) is 8.42 Å². The third-order valence-corrected chi connectivity index (χ3v) is 3.37. The van der Waals surface area contributed by atoms with Crippen molar-refractivity contribution in [1.82, 2.24) is 0 Å². The molecular weight excluding hydrogens is 250 g/mol. The molecule has 1 rings (SSSR count). The lowest BCUT2D eigenvalue weighted by molar-refractivity contribution is 0.601. The fourth-order valence-corrected chi connectivity index (χ4v) is 2.25.